The van der Waals surface area contributed by atoms with E-state index in [2.05, 4.69) is 5.32 Å². The Hall–Kier alpha value is -2.57. The number of carbonyl (C=O) groups is 3. The van der Waals surface area contributed by atoms with Gasteiger partial charge in [0.1, 0.15) is 0 Å². The molecule has 2 aliphatic rings. The lowest BCUT2D eigenvalue weighted by Gasteiger charge is -2.34. The summed E-state index contributed by atoms with van der Waals surface area (Å²) in [6, 6.07) is 9.88. The molecule has 0 bridgehead atoms. The molecule has 2 fully saturated rings. The second-order valence-corrected chi connectivity index (χ2v) is 7.98. The monoisotopic (exact) mass is 386 g/mol. The quantitative estimate of drug-likeness (QED) is 0.858. The van der Waals surface area contributed by atoms with Crippen LogP contribution in [0.4, 0.5) is 4.79 Å². The normalized spacial score (nSPS) is 21.5. The van der Waals surface area contributed by atoms with Crippen molar-refractivity contribution in [3.05, 3.63) is 35.9 Å². The molecule has 0 saturated carbocycles. The van der Waals surface area contributed by atoms with E-state index in [0.29, 0.717) is 19.6 Å². The van der Waals surface area contributed by atoms with Gasteiger partial charge in [0, 0.05) is 46.2 Å². The molecule has 0 aliphatic carbocycles. The van der Waals surface area contributed by atoms with Crippen LogP contribution in [-0.4, -0.2) is 72.3 Å². The van der Waals surface area contributed by atoms with Gasteiger partial charge in [0.25, 0.3) is 0 Å². The fourth-order valence-electron chi connectivity index (χ4n) is 3.99. The van der Waals surface area contributed by atoms with Crippen LogP contribution in [0.15, 0.2) is 30.3 Å². The molecule has 2 saturated heterocycles. The summed E-state index contributed by atoms with van der Waals surface area (Å²) in [5.74, 6) is -0.164. The molecule has 2 heterocycles. The van der Waals surface area contributed by atoms with Crippen LogP contribution in [0.5, 0.6) is 0 Å². The van der Waals surface area contributed by atoms with Crippen molar-refractivity contribution in [1.29, 1.82) is 0 Å². The summed E-state index contributed by atoms with van der Waals surface area (Å²) < 4.78 is 0. The fourth-order valence-corrected chi connectivity index (χ4v) is 3.99. The number of carbonyl (C=O) groups excluding carboxylic acids is 3. The lowest BCUT2D eigenvalue weighted by Crippen LogP contribution is -2.50. The summed E-state index contributed by atoms with van der Waals surface area (Å²) in [5, 5.41) is 2.98. The van der Waals surface area contributed by atoms with Gasteiger partial charge in [0.05, 0.1) is 12.0 Å². The van der Waals surface area contributed by atoms with E-state index in [9.17, 15) is 14.4 Å². The number of piperidine rings is 1. The van der Waals surface area contributed by atoms with E-state index >= 15 is 0 Å². The molecule has 1 N–H and O–H groups in total. The molecule has 7 nitrogen and oxygen atoms in total. The highest BCUT2D eigenvalue weighted by molar-refractivity contribution is 5.89. The first kappa shape index (κ1) is 20.2. The maximum Gasteiger partial charge on any atom is 0.317 e. The smallest absolute Gasteiger partial charge is 0.317 e. The molecule has 152 valence electrons. The van der Waals surface area contributed by atoms with E-state index in [1.807, 2.05) is 47.1 Å². The minimum Gasteiger partial charge on any atom is -0.342 e. The molecule has 3 rings (SSSR count). The summed E-state index contributed by atoms with van der Waals surface area (Å²) in [4.78, 5) is 42.4. The summed E-state index contributed by atoms with van der Waals surface area (Å²) in [6.07, 6.45) is 1.78. The van der Waals surface area contributed by atoms with Crippen LogP contribution in [0.2, 0.25) is 0 Å². The summed E-state index contributed by atoms with van der Waals surface area (Å²) in [6.45, 7) is 3.73. The minimum absolute atomic E-state index is 0.0292. The Labute approximate surface area is 166 Å². The molecular weight excluding hydrogens is 356 g/mol. The molecule has 2 atom stereocenters. The van der Waals surface area contributed by atoms with Crippen molar-refractivity contribution in [2.45, 2.75) is 38.3 Å². The Morgan fingerprint density at radius 1 is 1.14 bits per heavy atom. The third-order valence-electron chi connectivity index (χ3n) is 5.80. The molecular formula is C21H30N4O3. The molecule has 2 aliphatic heterocycles. The van der Waals surface area contributed by atoms with Crippen LogP contribution >= 0.6 is 0 Å². The van der Waals surface area contributed by atoms with Crippen LogP contribution < -0.4 is 5.32 Å². The zero-order valence-corrected chi connectivity index (χ0v) is 16.9. The highest BCUT2D eigenvalue weighted by Gasteiger charge is 2.39. The summed E-state index contributed by atoms with van der Waals surface area (Å²) in [5.41, 5.74) is 1.08. The van der Waals surface area contributed by atoms with E-state index in [1.165, 1.54) is 4.90 Å². The summed E-state index contributed by atoms with van der Waals surface area (Å²) in [7, 11) is 3.43. The fraction of sp³-hybridized carbons (Fsp3) is 0.571. The van der Waals surface area contributed by atoms with Gasteiger partial charge in [-0.15, -0.1) is 0 Å². The van der Waals surface area contributed by atoms with Gasteiger partial charge in [-0.1, -0.05) is 30.3 Å². The van der Waals surface area contributed by atoms with Gasteiger partial charge in [-0.05, 0) is 25.3 Å². The topological polar surface area (TPSA) is 73.0 Å². The van der Waals surface area contributed by atoms with Crippen molar-refractivity contribution in [3.63, 3.8) is 0 Å². The molecule has 1 aromatic carbocycles. The first-order valence-corrected chi connectivity index (χ1v) is 9.98. The van der Waals surface area contributed by atoms with Crippen LogP contribution in [0.25, 0.3) is 0 Å². The molecule has 2 unspecified atom stereocenters. The Kier molecular flexibility index (Phi) is 6.21. The highest BCUT2D eigenvalue weighted by atomic mass is 16.2. The molecule has 28 heavy (non-hydrogen) atoms. The van der Waals surface area contributed by atoms with Crippen molar-refractivity contribution in [2.24, 2.45) is 5.92 Å². The third kappa shape index (κ3) is 4.46. The van der Waals surface area contributed by atoms with E-state index in [1.54, 1.807) is 14.1 Å². The third-order valence-corrected chi connectivity index (χ3v) is 5.80. The van der Waals surface area contributed by atoms with Crippen LogP contribution in [0.3, 0.4) is 0 Å². The van der Waals surface area contributed by atoms with Gasteiger partial charge in [-0.25, -0.2) is 4.79 Å². The van der Waals surface area contributed by atoms with Crippen LogP contribution in [-0.2, 0) is 9.59 Å². The average molecular weight is 386 g/mol. The van der Waals surface area contributed by atoms with Gasteiger partial charge in [0.15, 0.2) is 0 Å². The zero-order valence-electron chi connectivity index (χ0n) is 16.9. The number of likely N-dealkylation sites (tertiary alicyclic amines) is 2. The summed E-state index contributed by atoms with van der Waals surface area (Å²) >= 11 is 0. The van der Waals surface area contributed by atoms with Crippen LogP contribution in [0, 0.1) is 5.92 Å². The number of hydrogen-bond acceptors (Lipinski definition) is 3. The standard InChI is InChI=1S/C21H30N4O3/c1-15(16-7-5-4-6-8-16)25-14-17(13-19(25)26)20(27)24-11-9-18(10-12-24)22-21(28)23(2)3/h4-8,15,17-18H,9-14H2,1-3H3,(H,22,28). The van der Waals surface area contributed by atoms with Crippen molar-refractivity contribution < 1.29 is 14.4 Å². The largest absolute Gasteiger partial charge is 0.342 e. The predicted molar refractivity (Wildman–Crippen MR) is 106 cm³/mol. The molecule has 0 radical (unpaired) electrons. The van der Waals surface area contributed by atoms with E-state index in [0.717, 1.165) is 18.4 Å². The van der Waals surface area contributed by atoms with Crippen molar-refractivity contribution >= 4 is 17.8 Å². The van der Waals surface area contributed by atoms with E-state index < -0.39 is 0 Å². The molecule has 1 aromatic rings. The maximum absolute atomic E-state index is 12.9. The number of urea groups is 1. The number of rotatable bonds is 4. The molecule has 0 aromatic heterocycles. The SMILES string of the molecule is CC(c1ccccc1)N1CC(C(=O)N2CCC(NC(=O)N(C)C)CC2)CC1=O. The van der Waals surface area contributed by atoms with Crippen molar-refractivity contribution in [3.8, 4) is 0 Å². The maximum atomic E-state index is 12.9. The van der Waals surface area contributed by atoms with Crippen LogP contribution in [0.1, 0.15) is 37.8 Å². The lowest BCUT2D eigenvalue weighted by molar-refractivity contribution is -0.136. The predicted octanol–water partition coefficient (Wildman–Crippen LogP) is 1.86. The average Bonchev–Trinajstić information content (AvgIpc) is 3.09. The Bertz CT molecular complexity index is 714. The number of amides is 4. The highest BCUT2D eigenvalue weighted by Crippen LogP contribution is 2.30. The second kappa shape index (κ2) is 8.63. The van der Waals surface area contributed by atoms with Crippen molar-refractivity contribution in [2.75, 3.05) is 33.7 Å². The molecule has 0 spiro atoms. The van der Waals surface area contributed by atoms with E-state index in [-0.39, 0.29) is 42.3 Å². The Morgan fingerprint density at radius 3 is 2.39 bits per heavy atom. The van der Waals surface area contributed by atoms with E-state index in [4.69, 9.17) is 0 Å². The Balaban J connectivity index is 1.53. The van der Waals surface area contributed by atoms with Gasteiger partial charge in [0.2, 0.25) is 11.8 Å². The Morgan fingerprint density at radius 2 is 1.79 bits per heavy atom. The molecule has 4 amide bonds. The van der Waals surface area contributed by atoms with Gasteiger partial charge in [-0.2, -0.15) is 0 Å². The number of nitrogens with zero attached hydrogens (tertiary/aromatic N) is 3. The number of hydrogen-bond donors (Lipinski definition) is 1. The lowest BCUT2D eigenvalue weighted by atomic mass is 10.0. The van der Waals surface area contributed by atoms with Crippen molar-refractivity contribution in [1.82, 2.24) is 20.0 Å². The van der Waals surface area contributed by atoms with Gasteiger partial charge >= 0.3 is 6.03 Å². The molecule has 7 heteroatoms. The first-order chi connectivity index (χ1) is 13.4. The van der Waals surface area contributed by atoms with Gasteiger partial charge < -0.3 is 20.0 Å². The number of benzene rings is 1. The number of nitrogens with one attached hydrogen (secondary N) is 1. The minimum atomic E-state index is -0.272. The van der Waals surface area contributed by atoms with Gasteiger partial charge in [-0.3, -0.25) is 9.59 Å². The zero-order chi connectivity index (χ0) is 20.3. The second-order valence-electron chi connectivity index (χ2n) is 7.98. The first-order valence-electron chi connectivity index (χ1n) is 9.98.